The Morgan fingerprint density at radius 1 is 1.00 bits per heavy atom. The molecule has 1 aliphatic rings. The molecule has 2 heterocycles. The van der Waals surface area contributed by atoms with Crippen LogP contribution in [0, 0.1) is 11.3 Å². The lowest BCUT2D eigenvalue weighted by atomic mass is 9.72. The van der Waals surface area contributed by atoms with Crippen molar-refractivity contribution in [1.29, 1.82) is 5.26 Å². The van der Waals surface area contributed by atoms with Crippen molar-refractivity contribution in [1.82, 2.24) is 15.6 Å². The number of aromatic hydroxyl groups is 1. The van der Waals surface area contributed by atoms with E-state index in [0.29, 0.717) is 31.5 Å². The van der Waals surface area contributed by atoms with Crippen LogP contribution in [0.5, 0.6) is 5.75 Å². The number of H-pyrrole nitrogens is 1. The Labute approximate surface area is 266 Å². The minimum atomic E-state index is -4.69. The summed E-state index contributed by atoms with van der Waals surface area (Å²) in [6, 6.07) is 18.1. The van der Waals surface area contributed by atoms with Crippen LogP contribution in [0.3, 0.4) is 0 Å². The summed E-state index contributed by atoms with van der Waals surface area (Å²) in [6.07, 6.45) is -3.26. The SMILES string of the molecule is N#Cc1c(-c2cc(C(F)(F)F)ccc2Cl)cc(-c2cc(Cl)cc(CCNC(=O)C3(c4ccccc4)CCNCC3)c2O)[nH]c1=O. The number of carbonyl (C=O) groups is 1. The smallest absolute Gasteiger partial charge is 0.416 e. The van der Waals surface area contributed by atoms with E-state index in [4.69, 9.17) is 23.2 Å². The summed E-state index contributed by atoms with van der Waals surface area (Å²) in [5.74, 6) is -0.384. The lowest BCUT2D eigenvalue weighted by Crippen LogP contribution is -2.51. The van der Waals surface area contributed by atoms with Crippen molar-refractivity contribution in [2.24, 2.45) is 0 Å². The molecule has 1 amide bonds. The van der Waals surface area contributed by atoms with Crippen LogP contribution in [0.25, 0.3) is 22.4 Å². The van der Waals surface area contributed by atoms with Crippen LogP contribution >= 0.6 is 23.2 Å². The molecular formula is C33H27Cl2F3N4O3. The molecular weight excluding hydrogens is 628 g/mol. The number of nitrogens with one attached hydrogen (secondary N) is 3. The van der Waals surface area contributed by atoms with Crippen molar-refractivity contribution >= 4 is 29.1 Å². The fourth-order valence-corrected chi connectivity index (χ4v) is 6.19. The van der Waals surface area contributed by atoms with Gasteiger partial charge in [0.15, 0.2) is 0 Å². The number of carbonyl (C=O) groups excluding carboxylic acids is 1. The topological polar surface area (TPSA) is 118 Å². The van der Waals surface area contributed by atoms with Crippen molar-refractivity contribution in [2.45, 2.75) is 30.9 Å². The molecule has 4 N–H and O–H groups in total. The van der Waals surface area contributed by atoms with E-state index in [-0.39, 0.29) is 57.1 Å². The molecule has 0 unspecified atom stereocenters. The van der Waals surface area contributed by atoms with Crippen molar-refractivity contribution in [2.75, 3.05) is 19.6 Å². The molecule has 1 aromatic heterocycles. The summed E-state index contributed by atoms with van der Waals surface area (Å²) < 4.78 is 40.4. The van der Waals surface area contributed by atoms with Crippen molar-refractivity contribution in [3.8, 4) is 34.2 Å². The number of halogens is 5. The third-order valence-electron chi connectivity index (χ3n) is 8.07. The van der Waals surface area contributed by atoms with Gasteiger partial charge in [0.2, 0.25) is 5.91 Å². The first kappa shape index (κ1) is 32.1. The number of aromatic nitrogens is 1. The lowest BCUT2D eigenvalue weighted by molar-refractivity contribution is -0.137. The number of phenolic OH excluding ortho intramolecular Hbond substituents is 1. The van der Waals surface area contributed by atoms with Gasteiger partial charge >= 0.3 is 6.18 Å². The molecule has 12 heteroatoms. The fraction of sp³-hybridized carbons (Fsp3) is 0.242. The van der Waals surface area contributed by atoms with Crippen LogP contribution in [0.15, 0.2) is 71.5 Å². The maximum atomic E-state index is 13.6. The number of aromatic amines is 1. The number of amides is 1. The third kappa shape index (κ3) is 6.57. The molecule has 1 aliphatic heterocycles. The predicted molar refractivity (Wildman–Crippen MR) is 166 cm³/mol. The van der Waals surface area contributed by atoms with E-state index >= 15 is 0 Å². The molecule has 45 heavy (non-hydrogen) atoms. The molecule has 0 bridgehead atoms. The van der Waals surface area contributed by atoms with Gasteiger partial charge < -0.3 is 20.7 Å². The highest BCUT2D eigenvalue weighted by Gasteiger charge is 2.40. The number of hydrogen-bond acceptors (Lipinski definition) is 5. The Bertz CT molecular complexity index is 1850. The number of pyridine rings is 1. The van der Waals surface area contributed by atoms with Gasteiger partial charge in [0, 0.05) is 33.3 Å². The van der Waals surface area contributed by atoms with Gasteiger partial charge in [-0.2, -0.15) is 18.4 Å². The largest absolute Gasteiger partial charge is 0.507 e. The van der Waals surface area contributed by atoms with Crippen molar-refractivity contribution in [3.63, 3.8) is 0 Å². The molecule has 0 spiro atoms. The van der Waals surface area contributed by atoms with Gasteiger partial charge in [0.05, 0.1) is 16.7 Å². The number of hydrogen-bond donors (Lipinski definition) is 4. The lowest BCUT2D eigenvalue weighted by Gasteiger charge is -2.36. The highest BCUT2D eigenvalue weighted by molar-refractivity contribution is 6.33. The summed E-state index contributed by atoms with van der Waals surface area (Å²) in [4.78, 5) is 29.0. The molecule has 0 saturated carbocycles. The Balaban J connectivity index is 1.46. The maximum absolute atomic E-state index is 13.6. The van der Waals surface area contributed by atoms with Gasteiger partial charge in [-0.25, -0.2) is 0 Å². The van der Waals surface area contributed by atoms with E-state index in [1.54, 1.807) is 6.07 Å². The van der Waals surface area contributed by atoms with Crippen LogP contribution in [-0.2, 0) is 22.8 Å². The van der Waals surface area contributed by atoms with Crippen molar-refractivity contribution in [3.05, 3.63) is 109 Å². The first-order valence-electron chi connectivity index (χ1n) is 14.1. The normalized spacial score (nSPS) is 14.5. The molecule has 7 nitrogen and oxygen atoms in total. The number of nitriles is 1. The number of benzene rings is 3. The molecule has 0 radical (unpaired) electrons. The summed E-state index contributed by atoms with van der Waals surface area (Å²) in [7, 11) is 0. The number of phenols is 1. The zero-order chi connectivity index (χ0) is 32.4. The highest BCUT2D eigenvalue weighted by Crippen LogP contribution is 2.40. The number of rotatable bonds is 7. The standard InChI is InChI=1S/C33H27Cl2F3N4O3/c34-22-14-19(8-11-41-31(45)32(9-12-40-13-10-32)20-4-2-1-3-5-20)29(43)25(16-22)28-17-23(26(18-39)30(44)42-28)24-15-21(33(36,37)38)6-7-27(24)35/h1-7,14-17,40,43H,8-13H2,(H,41,45)(H,42,44). The molecule has 232 valence electrons. The Hall–Kier alpha value is -4.30. The molecule has 0 atom stereocenters. The Kier molecular flexibility index (Phi) is 9.26. The second-order valence-corrected chi connectivity index (χ2v) is 11.6. The number of nitrogens with zero attached hydrogens (tertiary/aromatic N) is 1. The minimum Gasteiger partial charge on any atom is -0.507 e. The van der Waals surface area contributed by atoms with Gasteiger partial charge in [-0.3, -0.25) is 9.59 Å². The number of alkyl halides is 3. The monoisotopic (exact) mass is 654 g/mol. The average Bonchev–Trinajstić information content (AvgIpc) is 3.02. The molecule has 1 saturated heterocycles. The van der Waals surface area contributed by atoms with Gasteiger partial charge in [-0.1, -0.05) is 53.5 Å². The fourth-order valence-electron chi connectivity index (χ4n) is 5.73. The van der Waals surface area contributed by atoms with Crippen molar-refractivity contribution < 1.29 is 23.1 Å². The zero-order valence-electron chi connectivity index (χ0n) is 23.7. The van der Waals surface area contributed by atoms with Gasteiger partial charge in [0.25, 0.3) is 5.56 Å². The van der Waals surface area contributed by atoms with E-state index in [2.05, 4.69) is 15.6 Å². The summed E-state index contributed by atoms with van der Waals surface area (Å²) >= 11 is 12.6. The van der Waals surface area contributed by atoms with Crippen LogP contribution in [0.2, 0.25) is 10.0 Å². The van der Waals surface area contributed by atoms with Crippen LogP contribution < -0.4 is 16.2 Å². The first-order valence-corrected chi connectivity index (χ1v) is 14.8. The maximum Gasteiger partial charge on any atom is 0.416 e. The predicted octanol–water partition coefficient (Wildman–Crippen LogP) is 6.59. The van der Waals surface area contributed by atoms with Gasteiger partial charge in [-0.05, 0) is 79.9 Å². The van der Waals surface area contributed by atoms with E-state index in [1.165, 1.54) is 18.2 Å². The van der Waals surface area contributed by atoms with Crippen LogP contribution in [-0.4, -0.2) is 35.6 Å². The van der Waals surface area contributed by atoms with E-state index in [0.717, 1.165) is 23.8 Å². The van der Waals surface area contributed by atoms with Gasteiger partial charge in [0.1, 0.15) is 17.4 Å². The van der Waals surface area contributed by atoms with Gasteiger partial charge in [-0.15, -0.1) is 0 Å². The van der Waals surface area contributed by atoms with Crippen LogP contribution in [0.1, 0.15) is 35.1 Å². The summed E-state index contributed by atoms with van der Waals surface area (Å²) in [5.41, 5.74) is -2.00. The summed E-state index contributed by atoms with van der Waals surface area (Å²) in [6.45, 7) is 1.55. The second-order valence-electron chi connectivity index (χ2n) is 10.8. The second kappa shape index (κ2) is 13.0. The minimum absolute atomic E-state index is 0.00509. The Morgan fingerprint density at radius 3 is 2.38 bits per heavy atom. The highest BCUT2D eigenvalue weighted by atomic mass is 35.5. The average molecular weight is 656 g/mol. The quantitative estimate of drug-likeness (QED) is 0.179. The molecule has 1 fully saturated rings. The Morgan fingerprint density at radius 2 is 1.71 bits per heavy atom. The third-order valence-corrected chi connectivity index (χ3v) is 8.62. The van der Waals surface area contributed by atoms with Crippen LogP contribution in [0.4, 0.5) is 13.2 Å². The first-order chi connectivity index (χ1) is 21.4. The molecule has 0 aliphatic carbocycles. The van der Waals surface area contributed by atoms with E-state index < -0.39 is 28.3 Å². The van der Waals surface area contributed by atoms with E-state index in [9.17, 15) is 33.1 Å². The summed E-state index contributed by atoms with van der Waals surface area (Å²) in [5, 5.41) is 27.3. The van der Waals surface area contributed by atoms with E-state index in [1.807, 2.05) is 30.3 Å². The molecule has 4 aromatic rings. The number of piperidine rings is 1. The molecule has 3 aromatic carbocycles. The molecule has 5 rings (SSSR count). The zero-order valence-corrected chi connectivity index (χ0v) is 25.2.